The van der Waals surface area contributed by atoms with Crippen LogP contribution in [0.25, 0.3) is 10.8 Å². The van der Waals surface area contributed by atoms with Gasteiger partial charge in [-0.05, 0) is 36.4 Å². The van der Waals surface area contributed by atoms with E-state index in [4.69, 9.17) is 16.0 Å². The van der Waals surface area contributed by atoms with Crippen molar-refractivity contribution in [2.24, 2.45) is 0 Å². The number of rotatable bonds is 6. The van der Waals surface area contributed by atoms with Gasteiger partial charge in [0, 0.05) is 16.1 Å². The lowest BCUT2D eigenvalue weighted by atomic mass is 10.3. The maximum Gasteiger partial charge on any atom is 0.243 e. The zero-order chi connectivity index (χ0) is 17.6. The molecule has 6 nitrogen and oxygen atoms in total. The molecule has 2 aromatic heterocycles. The number of carbonyl (C=O) groups is 2. The lowest BCUT2D eigenvalue weighted by molar-refractivity contribution is -0.123. The average Bonchev–Trinajstić information content (AvgIpc) is 3.26. The van der Waals surface area contributed by atoms with Gasteiger partial charge in [-0.1, -0.05) is 11.6 Å². The molecule has 2 amide bonds. The molecule has 1 aromatic carbocycles. The zero-order valence-electron chi connectivity index (χ0n) is 13.0. The van der Waals surface area contributed by atoms with Gasteiger partial charge in [-0.3, -0.25) is 9.59 Å². The first-order chi connectivity index (χ1) is 12.1. The first-order valence-electron chi connectivity index (χ1n) is 7.40. The van der Waals surface area contributed by atoms with Gasteiger partial charge in [-0.2, -0.15) is 0 Å². The quantitative estimate of drug-likeness (QED) is 0.692. The Hall–Kier alpha value is -2.64. The Morgan fingerprint density at radius 1 is 1.16 bits per heavy atom. The molecule has 3 rings (SSSR count). The van der Waals surface area contributed by atoms with Crippen molar-refractivity contribution in [2.75, 3.05) is 11.9 Å². The summed E-state index contributed by atoms with van der Waals surface area (Å²) in [7, 11) is 0. The van der Waals surface area contributed by atoms with Gasteiger partial charge in [0.15, 0.2) is 10.8 Å². The Balaban J connectivity index is 1.46. The number of benzene rings is 1. The van der Waals surface area contributed by atoms with Crippen molar-refractivity contribution in [3.63, 3.8) is 0 Å². The van der Waals surface area contributed by atoms with Crippen molar-refractivity contribution in [3.8, 4) is 10.8 Å². The summed E-state index contributed by atoms with van der Waals surface area (Å²) in [5.41, 5.74) is 1.25. The summed E-state index contributed by atoms with van der Waals surface area (Å²) in [6.45, 7) is -0.114. The summed E-state index contributed by atoms with van der Waals surface area (Å²) in [6.07, 6.45) is 1.67. The van der Waals surface area contributed by atoms with Crippen LogP contribution in [0.3, 0.4) is 0 Å². The molecule has 0 spiro atoms. The molecular formula is C17H14ClN3O3S. The van der Waals surface area contributed by atoms with Crippen molar-refractivity contribution < 1.29 is 14.0 Å². The first-order valence-corrected chi connectivity index (χ1v) is 8.66. The molecule has 2 N–H and O–H groups in total. The predicted molar refractivity (Wildman–Crippen MR) is 96.6 cm³/mol. The van der Waals surface area contributed by atoms with Crippen molar-refractivity contribution >= 4 is 40.4 Å². The lowest BCUT2D eigenvalue weighted by Gasteiger charge is -2.06. The summed E-state index contributed by atoms with van der Waals surface area (Å²) in [4.78, 5) is 28.1. The Morgan fingerprint density at radius 3 is 2.68 bits per heavy atom. The van der Waals surface area contributed by atoms with Crippen LogP contribution >= 0.6 is 22.9 Å². The number of hydrogen-bond donors (Lipinski definition) is 2. The minimum absolute atomic E-state index is 0.103. The highest BCUT2D eigenvalue weighted by Gasteiger charge is 2.11. The fraction of sp³-hybridized carbons (Fsp3) is 0.118. The molecule has 0 aliphatic rings. The number of nitrogens with one attached hydrogen (secondary N) is 2. The summed E-state index contributed by atoms with van der Waals surface area (Å²) >= 11 is 7.18. The van der Waals surface area contributed by atoms with E-state index in [0.717, 1.165) is 0 Å². The van der Waals surface area contributed by atoms with Gasteiger partial charge in [0.05, 0.1) is 24.9 Å². The molecule has 0 bridgehead atoms. The third-order valence-corrected chi connectivity index (χ3v) is 4.36. The number of carbonyl (C=O) groups excluding carboxylic acids is 2. The highest BCUT2D eigenvalue weighted by atomic mass is 35.5. The van der Waals surface area contributed by atoms with Crippen molar-refractivity contribution in [1.29, 1.82) is 0 Å². The fourth-order valence-corrected chi connectivity index (χ4v) is 2.96. The third-order valence-electron chi connectivity index (χ3n) is 3.20. The molecule has 0 fully saturated rings. The van der Waals surface area contributed by atoms with Crippen LogP contribution in [0.5, 0.6) is 0 Å². The molecule has 0 radical (unpaired) electrons. The van der Waals surface area contributed by atoms with Gasteiger partial charge in [-0.15, -0.1) is 11.3 Å². The number of halogens is 1. The van der Waals surface area contributed by atoms with Crippen molar-refractivity contribution in [2.45, 2.75) is 6.42 Å². The molecule has 2 heterocycles. The summed E-state index contributed by atoms with van der Waals surface area (Å²) in [5.74, 6) is 0.0757. The zero-order valence-corrected chi connectivity index (χ0v) is 14.6. The molecular weight excluding hydrogens is 362 g/mol. The van der Waals surface area contributed by atoms with E-state index in [9.17, 15) is 9.59 Å². The lowest BCUT2D eigenvalue weighted by Crippen LogP contribution is -2.33. The second kappa shape index (κ2) is 7.96. The number of amides is 2. The van der Waals surface area contributed by atoms with Crippen LogP contribution in [0.2, 0.25) is 5.02 Å². The Kier molecular flexibility index (Phi) is 5.47. The van der Waals surface area contributed by atoms with Crippen LogP contribution in [-0.4, -0.2) is 23.3 Å². The Labute approximate surface area is 152 Å². The molecule has 0 unspecified atom stereocenters. The fourth-order valence-electron chi connectivity index (χ4n) is 2.05. The van der Waals surface area contributed by atoms with Crippen molar-refractivity contribution in [3.05, 3.63) is 58.8 Å². The van der Waals surface area contributed by atoms with E-state index in [1.54, 1.807) is 42.0 Å². The van der Waals surface area contributed by atoms with Gasteiger partial charge in [0.1, 0.15) is 0 Å². The summed E-state index contributed by atoms with van der Waals surface area (Å²) in [5, 5.41) is 8.34. The number of nitrogens with zero attached hydrogens (tertiary/aromatic N) is 1. The second-order valence-electron chi connectivity index (χ2n) is 5.13. The Bertz CT molecular complexity index is 860. The van der Waals surface area contributed by atoms with E-state index in [-0.39, 0.29) is 24.8 Å². The maximum absolute atomic E-state index is 11.9. The summed E-state index contributed by atoms with van der Waals surface area (Å²) in [6, 6.07) is 10.3. The molecule has 128 valence electrons. The number of aromatic nitrogens is 1. The van der Waals surface area contributed by atoms with Gasteiger partial charge in [0.2, 0.25) is 11.8 Å². The van der Waals surface area contributed by atoms with Gasteiger partial charge in [0.25, 0.3) is 0 Å². The van der Waals surface area contributed by atoms with Gasteiger partial charge >= 0.3 is 0 Å². The molecule has 0 aliphatic heterocycles. The third kappa shape index (κ3) is 4.91. The highest BCUT2D eigenvalue weighted by molar-refractivity contribution is 7.13. The number of thiazole rings is 1. The number of anilines is 1. The molecule has 25 heavy (non-hydrogen) atoms. The van der Waals surface area contributed by atoms with E-state index < -0.39 is 0 Å². The maximum atomic E-state index is 11.9. The topological polar surface area (TPSA) is 84.2 Å². The minimum atomic E-state index is -0.315. The Morgan fingerprint density at radius 2 is 1.96 bits per heavy atom. The van der Waals surface area contributed by atoms with Crippen molar-refractivity contribution in [1.82, 2.24) is 10.3 Å². The number of furan rings is 1. The molecule has 0 aliphatic carbocycles. The molecule has 3 aromatic rings. The van der Waals surface area contributed by atoms with Gasteiger partial charge < -0.3 is 15.1 Å². The van der Waals surface area contributed by atoms with E-state index in [0.29, 0.717) is 27.2 Å². The molecule has 0 saturated carbocycles. The first kappa shape index (κ1) is 17.2. The van der Waals surface area contributed by atoms with Crippen LogP contribution in [0.4, 0.5) is 5.69 Å². The monoisotopic (exact) mass is 375 g/mol. The van der Waals surface area contributed by atoms with Crippen LogP contribution < -0.4 is 10.6 Å². The SMILES string of the molecule is O=C(Cc1csc(-c2ccco2)n1)NCC(=O)Nc1ccc(Cl)cc1. The molecule has 0 saturated heterocycles. The predicted octanol–water partition coefficient (Wildman–Crippen LogP) is 3.35. The second-order valence-corrected chi connectivity index (χ2v) is 6.42. The van der Waals surface area contributed by atoms with Crippen LogP contribution in [-0.2, 0) is 16.0 Å². The van der Waals surface area contributed by atoms with Gasteiger partial charge in [-0.25, -0.2) is 4.98 Å². The smallest absolute Gasteiger partial charge is 0.243 e. The minimum Gasteiger partial charge on any atom is -0.462 e. The number of hydrogen-bond acceptors (Lipinski definition) is 5. The molecule has 0 atom stereocenters. The van der Waals surface area contributed by atoms with E-state index in [2.05, 4.69) is 15.6 Å². The van der Waals surface area contributed by atoms with Crippen LogP contribution in [0.15, 0.2) is 52.5 Å². The molecule has 8 heteroatoms. The van der Waals surface area contributed by atoms with E-state index in [1.807, 2.05) is 6.07 Å². The standard InChI is InChI=1S/C17H14ClN3O3S/c18-11-3-5-12(6-4-11)20-16(23)9-19-15(22)8-13-10-25-17(21-13)14-2-1-7-24-14/h1-7,10H,8-9H2,(H,19,22)(H,20,23). The van der Waals surface area contributed by atoms with E-state index >= 15 is 0 Å². The average molecular weight is 376 g/mol. The highest BCUT2D eigenvalue weighted by Crippen LogP contribution is 2.24. The normalized spacial score (nSPS) is 10.4. The largest absolute Gasteiger partial charge is 0.462 e. The van der Waals surface area contributed by atoms with Crippen LogP contribution in [0.1, 0.15) is 5.69 Å². The van der Waals surface area contributed by atoms with E-state index in [1.165, 1.54) is 11.3 Å². The summed E-state index contributed by atoms with van der Waals surface area (Å²) < 4.78 is 5.27. The van der Waals surface area contributed by atoms with Crippen LogP contribution in [0, 0.1) is 0 Å².